The van der Waals surface area contributed by atoms with Gasteiger partial charge in [-0.25, -0.2) is 9.46 Å². The molecule has 1 fully saturated rings. The van der Waals surface area contributed by atoms with Crippen molar-refractivity contribution in [3.8, 4) is 17.6 Å². The van der Waals surface area contributed by atoms with Crippen molar-refractivity contribution in [2.24, 2.45) is 0 Å². The topological polar surface area (TPSA) is 137 Å². The molecule has 0 saturated carbocycles. The molecule has 1 aliphatic heterocycles. The Hall–Kier alpha value is -5.12. The fourth-order valence-electron chi connectivity index (χ4n) is 7.31. The molecule has 0 spiro atoms. The molecule has 58 heavy (non-hydrogen) atoms. The zero-order valence-electron chi connectivity index (χ0n) is 34.0. The summed E-state index contributed by atoms with van der Waals surface area (Å²) in [4.78, 5) is 28.1. The molecule has 304 valence electrons. The molecule has 12 nitrogen and oxygen atoms in total. The summed E-state index contributed by atoms with van der Waals surface area (Å²) in [5.41, 5.74) is 2.13. The summed E-state index contributed by atoms with van der Waals surface area (Å²) < 4.78 is 42.4. The van der Waals surface area contributed by atoms with Crippen LogP contribution in [-0.4, -0.2) is 59.3 Å². The second-order valence-electron chi connectivity index (χ2n) is 14.7. The van der Waals surface area contributed by atoms with Crippen molar-refractivity contribution in [3.63, 3.8) is 0 Å². The lowest BCUT2D eigenvalue weighted by atomic mass is 9.80. The Kier molecular flexibility index (Phi) is 14.0. The average Bonchev–Trinajstić information content (AvgIpc) is 3.63. The van der Waals surface area contributed by atoms with Crippen molar-refractivity contribution >= 4 is 8.53 Å². The van der Waals surface area contributed by atoms with Gasteiger partial charge in [0.05, 0.1) is 45.2 Å². The number of hydrogen-bond donors (Lipinski definition) is 1. The number of ether oxygens (including phenoxy) is 4. The summed E-state index contributed by atoms with van der Waals surface area (Å²) >= 11 is 0. The van der Waals surface area contributed by atoms with E-state index in [-0.39, 0.29) is 31.7 Å². The summed E-state index contributed by atoms with van der Waals surface area (Å²) in [6, 6.07) is 35.1. The van der Waals surface area contributed by atoms with Gasteiger partial charge >= 0.3 is 5.69 Å². The maximum absolute atomic E-state index is 13.3. The van der Waals surface area contributed by atoms with Crippen molar-refractivity contribution in [1.29, 1.82) is 5.26 Å². The predicted molar refractivity (Wildman–Crippen MR) is 223 cm³/mol. The standard InChI is InChI=1S/C45H51N4O8P/c1-30(2)49(31(3)4)58(55-28-34-13-11-12-33(24-34)26-46)57-40-25-42(48-27-32(5)43(50)47-44(48)51)56-41(40)29-54-45(35-14-9-8-10-15-35,36-16-20-38(52-6)21-17-36)37-18-22-39(53-7)23-19-37/h8-24,27,30-31,40-42H,25,28-29H2,1-7H3,(H,47,50,51)/t40?,41-,42-,58?/m1/s1. The highest BCUT2D eigenvalue weighted by molar-refractivity contribution is 7.44. The SMILES string of the molecule is COc1ccc(C(OC[C@H]2O[C@@H](n3cc(C)c(=O)[nH]c3=O)CC2OP(OCc2cccc(C#N)c2)N(C(C)C)C(C)C)(c2ccccc2)c2ccc(OC)cc2)cc1. The Morgan fingerprint density at radius 1 is 0.879 bits per heavy atom. The lowest BCUT2D eigenvalue weighted by molar-refractivity contribution is -0.0926. The zero-order valence-corrected chi connectivity index (χ0v) is 34.8. The molecule has 0 aliphatic carbocycles. The van der Waals surface area contributed by atoms with Gasteiger partial charge in [-0.2, -0.15) is 5.26 Å². The monoisotopic (exact) mass is 806 g/mol. The molecule has 1 saturated heterocycles. The lowest BCUT2D eigenvalue weighted by Crippen LogP contribution is -2.39. The van der Waals surface area contributed by atoms with Crippen molar-refractivity contribution in [3.05, 3.63) is 164 Å². The predicted octanol–water partition coefficient (Wildman–Crippen LogP) is 7.98. The number of aryl methyl sites for hydroxylation is 1. The van der Waals surface area contributed by atoms with Crippen LogP contribution in [0, 0.1) is 18.3 Å². The number of nitriles is 1. The van der Waals surface area contributed by atoms with Crippen LogP contribution in [0.25, 0.3) is 0 Å². The maximum Gasteiger partial charge on any atom is 0.330 e. The second kappa shape index (κ2) is 19.1. The third-order valence-electron chi connectivity index (χ3n) is 10.1. The lowest BCUT2D eigenvalue weighted by Gasteiger charge is -2.39. The molecule has 0 amide bonds. The van der Waals surface area contributed by atoms with Crippen LogP contribution in [0.2, 0.25) is 0 Å². The van der Waals surface area contributed by atoms with E-state index < -0.39 is 43.8 Å². The first-order valence-corrected chi connectivity index (χ1v) is 20.4. The molecule has 13 heteroatoms. The van der Waals surface area contributed by atoms with Crippen LogP contribution in [0.3, 0.4) is 0 Å². The third kappa shape index (κ3) is 9.43. The highest BCUT2D eigenvalue weighted by Gasteiger charge is 2.45. The van der Waals surface area contributed by atoms with E-state index in [2.05, 4.69) is 43.4 Å². The van der Waals surface area contributed by atoms with E-state index >= 15 is 0 Å². The molecule has 1 N–H and O–H groups in total. The summed E-state index contributed by atoms with van der Waals surface area (Å²) in [7, 11) is 1.53. The molecular formula is C45H51N4O8P. The molecule has 5 aromatic rings. The number of aromatic nitrogens is 2. The smallest absolute Gasteiger partial charge is 0.330 e. The number of rotatable bonds is 17. The number of benzene rings is 4. The summed E-state index contributed by atoms with van der Waals surface area (Å²) in [6.45, 7) is 10.2. The number of aromatic amines is 1. The number of nitrogens with one attached hydrogen (secondary N) is 1. The van der Waals surface area contributed by atoms with Crippen molar-refractivity contribution in [2.75, 3.05) is 20.8 Å². The summed E-state index contributed by atoms with van der Waals surface area (Å²) in [5, 5.41) is 9.54. The molecule has 6 rings (SSSR count). The fourth-order valence-corrected chi connectivity index (χ4v) is 9.09. The Morgan fingerprint density at radius 2 is 1.48 bits per heavy atom. The van der Waals surface area contributed by atoms with Gasteiger partial charge in [0.25, 0.3) is 14.1 Å². The molecule has 1 aromatic heterocycles. The van der Waals surface area contributed by atoms with E-state index in [4.69, 9.17) is 28.0 Å². The van der Waals surface area contributed by atoms with Crippen LogP contribution in [0.1, 0.15) is 73.7 Å². The quantitative estimate of drug-likeness (QED) is 0.0728. The largest absolute Gasteiger partial charge is 0.497 e. The van der Waals surface area contributed by atoms with E-state index in [9.17, 15) is 14.9 Å². The first-order chi connectivity index (χ1) is 28.0. The molecule has 2 unspecified atom stereocenters. The van der Waals surface area contributed by atoms with Crippen molar-refractivity contribution in [2.45, 2.75) is 83.8 Å². The van der Waals surface area contributed by atoms with E-state index in [1.807, 2.05) is 91.0 Å². The minimum Gasteiger partial charge on any atom is -0.497 e. The van der Waals surface area contributed by atoms with Gasteiger partial charge in [-0.15, -0.1) is 0 Å². The number of H-pyrrole nitrogens is 1. The molecule has 4 aromatic carbocycles. The first kappa shape index (κ1) is 42.5. The van der Waals surface area contributed by atoms with Gasteiger partial charge in [0.2, 0.25) is 0 Å². The van der Waals surface area contributed by atoms with Crippen LogP contribution in [0.15, 0.2) is 119 Å². The van der Waals surface area contributed by atoms with Crippen molar-refractivity contribution < 1.29 is 28.0 Å². The van der Waals surface area contributed by atoms with Crippen LogP contribution in [-0.2, 0) is 30.7 Å². The van der Waals surface area contributed by atoms with Gasteiger partial charge in [-0.1, -0.05) is 66.7 Å². The van der Waals surface area contributed by atoms with Gasteiger partial charge in [0.1, 0.15) is 29.4 Å². The maximum atomic E-state index is 13.3. The molecular weight excluding hydrogens is 755 g/mol. The van der Waals surface area contributed by atoms with Gasteiger partial charge in [-0.05, 0) is 93.3 Å². The molecule has 4 atom stereocenters. The second-order valence-corrected chi connectivity index (χ2v) is 16.1. The van der Waals surface area contributed by atoms with Crippen molar-refractivity contribution in [1.82, 2.24) is 14.2 Å². The first-order valence-electron chi connectivity index (χ1n) is 19.3. The van der Waals surface area contributed by atoms with Crippen LogP contribution >= 0.6 is 8.53 Å². The Bertz CT molecular complexity index is 2220. The number of hydrogen-bond acceptors (Lipinski definition) is 10. The highest BCUT2D eigenvalue weighted by Crippen LogP contribution is 2.51. The minimum atomic E-state index is -1.72. The Labute approximate surface area is 340 Å². The van der Waals surface area contributed by atoms with Gasteiger partial charge < -0.3 is 28.0 Å². The molecule has 2 heterocycles. The number of methoxy groups -OCH3 is 2. The third-order valence-corrected chi connectivity index (χ3v) is 12.2. The summed E-state index contributed by atoms with van der Waals surface area (Å²) in [6.07, 6.45) is -0.337. The Balaban J connectivity index is 1.43. The van der Waals surface area contributed by atoms with Gasteiger partial charge in [0, 0.05) is 30.3 Å². The number of nitrogens with zero attached hydrogens (tertiary/aromatic N) is 3. The minimum absolute atomic E-state index is 0.0297. The van der Waals surface area contributed by atoms with Crippen LogP contribution in [0.4, 0.5) is 0 Å². The Morgan fingerprint density at radius 3 is 2.05 bits per heavy atom. The van der Waals surface area contributed by atoms with Crippen LogP contribution in [0.5, 0.6) is 11.5 Å². The van der Waals surface area contributed by atoms with E-state index in [0.29, 0.717) is 22.6 Å². The van der Waals surface area contributed by atoms with Gasteiger partial charge in [0.15, 0.2) is 0 Å². The van der Waals surface area contributed by atoms with Gasteiger partial charge in [-0.3, -0.25) is 14.3 Å². The van der Waals surface area contributed by atoms with E-state index in [0.717, 1.165) is 22.3 Å². The summed E-state index contributed by atoms with van der Waals surface area (Å²) in [5.74, 6) is 1.40. The van der Waals surface area contributed by atoms with E-state index in [1.54, 1.807) is 33.3 Å². The average molecular weight is 807 g/mol. The highest BCUT2D eigenvalue weighted by atomic mass is 31.2. The normalized spacial score (nSPS) is 17.4. The van der Waals surface area contributed by atoms with Crippen LogP contribution < -0.4 is 20.7 Å². The molecule has 0 bridgehead atoms. The molecule has 1 aliphatic rings. The zero-order chi connectivity index (χ0) is 41.4. The fraction of sp³-hybridized carbons (Fsp3) is 0.356. The molecule has 0 radical (unpaired) electrons. The van der Waals surface area contributed by atoms with E-state index in [1.165, 1.54) is 10.8 Å².